The number of aryl methyl sites for hydroxylation is 1. The third-order valence-corrected chi connectivity index (χ3v) is 7.08. The molecule has 0 fully saturated rings. The average Bonchev–Trinajstić information content (AvgIpc) is 2.85. The van der Waals surface area contributed by atoms with E-state index in [9.17, 15) is 13.2 Å². The molecular weight excluding hydrogens is 502 g/mol. The van der Waals surface area contributed by atoms with E-state index >= 15 is 0 Å². The first kappa shape index (κ1) is 27.0. The van der Waals surface area contributed by atoms with Gasteiger partial charge in [0.05, 0.1) is 35.0 Å². The number of hydrogen-bond donors (Lipinski definition) is 1. The SMILES string of the molecule is CCOc1ccc(/C=N\NC(=O)CN(c2ccccc2Cl)S(=O)(=O)c2ccc(C)cc2)cc1OCC. The molecule has 8 nitrogen and oxygen atoms in total. The summed E-state index contributed by atoms with van der Waals surface area (Å²) in [6.45, 7) is 6.04. The lowest BCUT2D eigenvalue weighted by Crippen LogP contribution is -2.39. The van der Waals surface area contributed by atoms with Gasteiger partial charge in [-0.3, -0.25) is 9.10 Å². The van der Waals surface area contributed by atoms with Crippen LogP contribution in [0.2, 0.25) is 5.02 Å². The number of carbonyl (C=O) groups excluding carboxylic acids is 1. The van der Waals surface area contributed by atoms with Gasteiger partial charge in [-0.15, -0.1) is 0 Å². The lowest BCUT2D eigenvalue weighted by molar-refractivity contribution is -0.119. The first-order valence-corrected chi connectivity index (χ1v) is 13.1. The van der Waals surface area contributed by atoms with Crippen molar-refractivity contribution in [2.24, 2.45) is 5.10 Å². The molecule has 0 bridgehead atoms. The third-order valence-electron chi connectivity index (χ3n) is 4.99. The van der Waals surface area contributed by atoms with Crippen molar-refractivity contribution in [3.63, 3.8) is 0 Å². The molecule has 0 aliphatic carbocycles. The Kier molecular flexibility index (Phi) is 9.32. The topological polar surface area (TPSA) is 97.3 Å². The Hall–Kier alpha value is -3.56. The number of nitrogens with zero attached hydrogens (tertiary/aromatic N) is 2. The molecule has 0 saturated heterocycles. The van der Waals surface area contributed by atoms with E-state index in [1.54, 1.807) is 54.6 Å². The number of amides is 1. The Morgan fingerprint density at radius 1 is 1.00 bits per heavy atom. The Morgan fingerprint density at radius 2 is 1.67 bits per heavy atom. The molecule has 0 aliphatic heterocycles. The Labute approximate surface area is 216 Å². The number of anilines is 1. The maximum Gasteiger partial charge on any atom is 0.264 e. The second-order valence-electron chi connectivity index (χ2n) is 7.64. The first-order chi connectivity index (χ1) is 17.3. The molecule has 36 heavy (non-hydrogen) atoms. The maximum atomic E-state index is 13.4. The monoisotopic (exact) mass is 529 g/mol. The van der Waals surface area contributed by atoms with E-state index in [0.29, 0.717) is 30.3 Å². The van der Waals surface area contributed by atoms with E-state index in [1.165, 1.54) is 18.3 Å². The normalized spacial score (nSPS) is 11.3. The summed E-state index contributed by atoms with van der Waals surface area (Å²) < 4.78 is 39.0. The molecular formula is C26H28ClN3O5S. The van der Waals surface area contributed by atoms with Crippen molar-refractivity contribution in [1.29, 1.82) is 0 Å². The van der Waals surface area contributed by atoms with Gasteiger partial charge in [0.25, 0.3) is 15.9 Å². The number of hydrazone groups is 1. The van der Waals surface area contributed by atoms with Crippen molar-refractivity contribution in [3.05, 3.63) is 82.9 Å². The standard InChI is InChI=1S/C26H28ClN3O5S/c1-4-34-24-15-12-20(16-25(24)35-5-2)17-28-29-26(31)18-30(23-9-7-6-8-22(23)27)36(32,33)21-13-10-19(3)11-14-21/h6-17H,4-5,18H2,1-3H3,(H,29,31)/b28-17-. The van der Waals surface area contributed by atoms with Crippen LogP contribution in [0.25, 0.3) is 0 Å². The summed E-state index contributed by atoms with van der Waals surface area (Å²) in [5.74, 6) is 0.527. The first-order valence-electron chi connectivity index (χ1n) is 11.3. The van der Waals surface area contributed by atoms with Crippen molar-refractivity contribution in [2.75, 3.05) is 24.1 Å². The number of hydrogen-bond acceptors (Lipinski definition) is 6. The molecule has 0 saturated carbocycles. The summed E-state index contributed by atoms with van der Waals surface area (Å²) in [6, 6.07) is 18.1. The molecule has 190 valence electrons. The van der Waals surface area contributed by atoms with Crippen LogP contribution >= 0.6 is 11.6 Å². The number of ether oxygens (including phenoxy) is 2. The smallest absolute Gasteiger partial charge is 0.264 e. The molecule has 0 spiro atoms. The van der Waals surface area contributed by atoms with Crippen molar-refractivity contribution >= 4 is 39.4 Å². The predicted molar refractivity (Wildman–Crippen MR) is 142 cm³/mol. The number of halogens is 1. The van der Waals surface area contributed by atoms with Gasteiger partial charge in [0.15, 0.2) is 11.5 Å². The second-order valence-corrected chi connectivity index (χ2v) is 9.91. The van der Waals surface area contributed by atoms with Crippen molar-refractivity contribution in [1.82, 2.24) is 5.43 Å². The summed E-state index contributed by atoms with van der Waals surface area (Å²) in [4.78, 5) is 12.8. The molecule has 3 aromatic carbocycles. The summed E-state index contributed by atoms with van der Waals surface area (Å²) >= 11 is 6.29. The Balaban J connectivity index is 1.81. The van der Waals surface area contributed by atoms with Gasteiger partial charge in [-0.25, -0.2) is 13.8 Å². The molecule has 3 aromatic rings. The van der Waals surface area contributed by atoms with Crippen molar-refractivity contribution < 1.29 is 22.7 Å². The summed E-state index contributed by atoms with van der Waals surface area (Å²) in [5.41, 5.74) is 4.14. The van der Waals surface area contributed by atoms with E-state index in [4.69, 9.17) is 21.1 Å². The van der Waals surface area contributed by atoms with Gasteiger partial charge in [0, 0.05) is 0 Å². The van der Waals surface area contributed by atoms with E-state index in [-0.39, 0.29) is 15.6 Å². The van der Waals surface area contributed by atoms with Crippen LogP contribution in [0.3, 0.4) is 0 Å². The van der Waals surface area contributed by atoms with Gasteiger partial charge >= 0.3 is 0 Å². The van der Waals surface area contributed by atoms with Crippen LogP contribution in [-0.2, 0) is 14.8 Å². The molecule has 0 aromatic heterocycles. The zero-order chi connectivity index (χ0) is 26.1. The maximum absolute atomic E-state index is 13.4. The fraction of sp³-hybridized carbons (Fsp3) is 0.231. The summed E-state index contributed by atoms with van der Waals surface area (Å²) in [6.07, 6.45) is 1.43. The number of nitrogens with one attached hydrogen (secondary N) is 1. The number of carbonyl (C=O) groups is 1. The van der Waals surface area contributed by atoms with E-state index < -0.39 is 22.5 Å². The highest BCUT2D eigenvalue weighted by molar-refractivity contribution is 7.92. The third kappa shape index (κ3) is 6.77. The number of sulfonamides is 1. The molecule has 0 radical (unpaired) electrons. The molecule has 0 unspecified atom stereocenters. The summed E-state index contributed by atoms with van der Waals surface area (Å²) in [5, 5.41) is 4.18. The van der Waals surface area contributed by atoms with Gasteiger partial charge < -0.3 is 9.47 Å². The Bertz CT molecular complexity index is 1330. The minimum absolute atomic E-state index is 0.0437. The van der Waals surface area contributed by atoms with Crippen molar-refractivity contribution in [3.8, 4) is 11.5 Å². The second kappa shape index (κ2) is 12.4. The van der Waals surface area contributed by atoms with Crippen LogP contribution in [0.5, 0.6) is 11.5 Å². The van der Waals surface area contributed by atoms with E-state index in [0.717, 1.165) is 9.87 Å². The van der Waals surface area contributed by atoms with Gasteiger partial charge in [-0.2, -0.15) is 5.10 Å². The lowest BCUT2D eigenvalue weighted by Gasteiger charge is -2.24. The molecule has 0 heterocycles. The fourth-order valence-electron chi connectivity index (χ4n) is 3.28. The van der Waals surface area contributed by atoms with Crippen LogP contribution in [0, 0.1) is 6.92 Å². The lowest BCUT2D eigenvalue weighted by atomic mass is 10.2. The van der Waals surface area contributed by atoms with Gasteiger partial charge in [-0.1, -0.05) is 41.4 Å². The zero-order valence-corrected chi connectivity index (χ0v) is 21.8. The molecule has 1 N–H and O–H groups in total. The van der Waals surface area contributed by atoms with Gasteiger partial charge in [-0.05, 0) is 68.8 Å². The molecule has 1 amide bonds. The molecule has 0 aliphatic rings. The van der Waals surface area contributed by atoms with Gasteiger partial charge in [0.2, 0.25) is 0 Å². The number of rotatable bonds is 11. The highest BCUT2D eigenvalue weighted by atomic mass is 35.5. The number of para-hydroxylation sites is 1. The van der Waals surface area contributed by atoms with Crippen LogP contribution < -0.4 is 19.2 Å². The highest BCUT2D eigenvalue weighted by Crippen LogP contribution is 2.30. The average molecular weight is 530 g/mol. The van der Waals surface area contributed by atoms with Crippen LogP contribution in [0.15, 0.2) is 76.7 Å². The minimum atomic E-state index is -4.08. The largest absolute Gasteiger partial charge is 0.490 e. The zero-order valence-electron chi connectivity index (χ0n) is 20.3. The molecule has 0 atom stereocenters. The fourth-order valence-corrected chi connectivity index (χ4v) is 5.01. The van der Waals surface area contributed by atoms with E-state index in [1.807, 2.05) is 20.8 Å². The van der Waals surface area contributed by atoms with Crippen LogP contribution in [0.4, 0.5) is 5.69 Å². The Morgan fingerprint density at radius 3 is 2.33 bits per heavy atom. The van der Waals surface area contributed by atoms with E-state index in [2.05, 4.69) is 10.5 Å². The molecule has 10 heteroatoms. The highest BCUT2D eigenvalue weighted by Gasteiger charge is 2.28. The van der Waals surface area contributed by atoms with Crippen molar-refractivity contribution in [2.45, 2.75) is 25.7 Å². The minimum Gasteiger partial charge on any atom is -0.490 e. The predicted octanol–water partition coefficient (Wildman–Crippen LogP) is 4.79. The quantitative estimate of drug-likeness (QED) is 0.284. The van der Waals surface area contributed by atoms with Gasteiger partial charge in [0.1, 0.15) is 6.54 Å². The number of benzene rings is 3. The summed E-state index contributed by atoms with van der Waals surface area (Å²) in [7, 11) is -4.08. The molecule has 3 rings (SSSR count). The van der Waals surface area contributed by atoms with Crippen LogP contribution in [0.1, 0.15) is 25.0 Å². The van der Waals surface area contributed by atoms with Crippen LogP contribution in [-0.4, -0.2) is 40.3 Å².